The summed E-state index contributed by atoms with van der Waals surface area (Å²) < 4.78 is 33.9. The van der Waals surface area contributed by atoms with Gasteiger partial charge in [0.2, 0.25) is 0 Å². The number of ether oxygens (including phenoxy) is 2. The van der Waals surface area contributed by atoms with Crippen molar-refractivity contribution < 1.29 is 18.3 Å². The lowest BCUT2D eigenvalue weighted by Gasteiger charge is -2.26. The summed E-state index contributed by atoms with van der Waals surface area (Å²) in [6, 6.07) is 6.93. The summed E-state index contributed by atoms with van der Waals surface area (Å²) in [5.41, 5.74) is 1.03. The first-order valence-corrected chi connectivity index (χ1v) is 6.58. The van der Waals surface area contributed by atoms with Crippen molar-refractivity contribution in [3.63, 3.8) is 0 Å². The Morgan fingerprint density at radius 2 is 2.05 bits per heavy atom. The molecule has 0 N–H and O–H groups in total. The Labute approximate surface area is 112 Å². The molecule has 1 fully saturated rings. The van der Waals surface area contributed by atoms with Crippen LogP contribution >= 0.6 is 0 Å². The summed E-state index contributed by atoms with van der Waals surface area (Å²) in [6.45, 7) is 1.82. The number of nitrogens with zero attached hydrogens (tertiary/aromatic N) is 1. The van der Waals surface area contributed by atoms with E-state index in [9.17, 15) is 8.78 Å². The topological polar surface area (TPSA) is 21.7 Å². The maximum Gasteiger partial charge on any atom is 0.387 e. The van der Waals surface area contributed by atoms with Crippen molar-refractivity contribution in [3.8, 4) is 5.75 Å². The van der Waals surface area contributed by atoms with Crippen LogP contribution in [-0.4, -0.2) is 44.4 Å². The van der Waals surface area contributed by atoms with E-state index in [1.807, 2.05) is 6.07 Å². The Morgan fingerprint density at radius 3 is 2.79 bits per heavy atom. The Morgan fingerprint density at radius 1 is 1.26 bits per heavy atom. The highest BCUT2D eigenvalue weighted by Crippen LogP contribution is 2.17. The van der Waals surface area contributed by atoms with Crippen LogP contribution in [-0.2, 0) is 11.2 Å². The van der Waals surface area contributed by atoms with Crippen LogP contribution in [0.3, 0.4) is 0 Å². The molecule has 0 atom stereocenters. The van der Waals surface area contributed by atoms with E-state index < -0.39 is 6.61 Å². The number of benzene rings is 1. The smallest absolute Gasteiger partial charge is 0.387 e. The van der Waals surface area contributed by atoms with Crippen molar-refractivity contribution in [2.75, 3.05) is 32.8 Å². The van der Waals surface area contributed by atoms with Gasteiger partial charge in [-0.1, -0.05) is 12.1 Å². The molecular formula is C14H19F2NO2. The lowest BCUT2D eigenvalue weighted by Crippen LogP contribution is -2.36. The highest BCUT2D eigenvalue weighted by atomic mass is 19.3. The molecule has 1 saturated heterocycles. The van der Waals surface area contributed by atoms with Crippen molar-refractivity contribution in [2.45, 2.75) is 19.5 Å². The Kier molecular flexibility index (Phi) is 5.54. The molecule has 0 radical (unpaired) electrons. The van der Waals surface area contributed by atoms with Crippen LogP contribution in [0.5, 0.6) is 5.75 Å². The Balaban J connectivity index is 1.75. The van der Waals surface area contributed by atoms with Gasteiger partial charge in [-0.3, -0.25) is 4.90 Å². The molecule has 1 aromatic rings. The number of morpholine rings is 1. The highest BCUT2D eigenvalue weighted by molar-refractivity contribution is 5.28. The molecule has 0 aromatic heterocycles. The fourth-order valence-electron chi connectivity index (χ4n) is 2.21. The summed E-state index contributed by atoms with van der Waals surface area (Å²) in [5, 5.41) is 0. The van der Waals surface area contributed by atoms with Gasteiger partial charge in [-0.2, -0.15) is 8.78 Å². The number of aryl methyl sites for hydroxylation is 1. The monoisotopic (exact) mass is 271 g/mol. The third-order valence-electron chi connectivity index (χ3n) is 3.17. The lowest BCUT2D eigenvalue weighted by molar-refractivity contribution is -0.0498. The number of halogens is 2. The minimum absolute atomic E-state index is 0.235. The van der Waals surface area contributed by atoms with Crippen LogP contribution in [0.1, 0.15) is 12.0 Å². The minimum Gasteiger partial charge on any atom is -0.435 e. The van der Waals surface area contributed by atoms with Gasteiger partial charge in [0, 0.05) is 13.1 Å². The lowest BCUT2D eigenvalue weighted by atomic mass is 10.1. The second-order valence-corrected chi connectivity index (χ2v) is 4.58. The molecule has 0 amide bonds. The minimum atomic E-state index is -2.76. The van der Waals surface area contributed by atoms with E-state index >= 15 is 0 Å². The van der Waals surface area contributed by atoms with Crippen molar-refractivity contribution in [1.82, 2.24) is 4.90 Å². The first-order chi connectivity index (χ1) is 9.24. The fourth-order valence-corrected chi connectivity index (χ4v) is 2.21. The summed E-state index contributed by atoms with van der Waals surface area (Å²) in [6.07, 6.45) is 1.88. The molecule has 5 heteroatoms. The van der Waals surface area contributed by atoms with Crippen molar-refractivity contribution in [1.29, 1.82) is 0 Å². The van der Waals surface area contributed by atoms with Gasteiger partial charge in [0.15, 0.2) is 0 Å². The molecule has 19 heavy (non-hydrogen) atoms. The molecule has 2 rings (SSSR count). The summed E-state index contributed by atoms with van der Waals surface area (Å²) >= 11 is 0. The third kappa shape index (κ3) is 5.12. The van der Waals surface area contributed by atoms with Gasteiger partial charge >= 0.3 is 6.61 Å². The third-order valence-corrected chi connectivity index (χ3v) is 3.17. The largest absolute Gasteiger partial charge is 0.435 e. The SMILES string of the molecule is FC(F)Oc1cccc(CCCN2CCOCC2)c1. The average Bonchev–Trinajstić information content (AvgIpc) is 2.40. The molecule has 1 heterocycles. The molecular weight excluding hydrogens is 252 g/mol. The van der Waals surface area contributed by atoms with Gasteiger partial charge in [-0.15, -0.1) is 0 Å². The number of hydrogen-bond donors (Lipinski definition) is 0. The van der Waals surface area contributed by atoms with Crippen molar-refractivity contribution >= 4 is 0 Å². The quantitative estimate of drug-likeness (QED) is 0.793. The number of rotatable bonds is 6. The number of hydrogen-bond acceptors (Lipinski definition) is 3. The van der Waals surface area contributed by atoms with Gasteiger partial charge in [0.05, 0.1) is 13.2 Å². The van der Waals surface area contributed by atoms with E-state index in [-0.39, 0.29) is 5.75 Å². The fraction of sp³-hybridized carbons (Fsp3) is 0.571. The average molecular weight is 271 g/mol. The first kappa shape index (κ1) is 14.2. The van der Waals surface area contributed by atoms with Crippen LogP contribution in [0.15, 0.2) is 24.3 Å². The van der Waals surface area contributed by atoms with E-state index in [1.54, 1.807) is 18.2 Å². The zero-order valence-electron chi connectivity index (χ0n) is 10.9. The molecule has 1 aromatic carbocycles. The Bertz CT molecular complexity index is 381. The maximum absolute atomic E-state index is 12.1. The number of alkyl halides is 2. The normalized spacial score (nSPS) is 16.8. The van der Waals surface area contributed by atoms with Gasteiger partial charge in [0.25, 0.3) is 0 Å². The summed E-state index contributed by atoms with van der Waals surface area (Å²) in [4.78, 5) is 2.36. The second-order valence-electron chi connectivity index (χ2n) is 4.58. The molecule has 1 aliphatic rings. The van der Waals surface area contributed by atoms with Crippen LogP contribution in [0, 0.1) is 0 Å². The predicted octanol–water partition coefficient (Wildman–Crippen LogP) is 2.55. The standard InChI is InChI=1S/C14H19F2NO2/c15-14(16)19-13-5-1-3-12(11-13)4-2-6-17-7-9-18-10-8-17/h1,3,5,11,14H,2,4,6-10H2. The maximum atomic E-state index is 12.1. The predicted molar refractivity (Wildman–Crippen MR) is 68.7 cm³/mol. The molecule has 3 nitrogen and oxygen atoms in total. The molecule has 0 aliphatic carbocycles. The zero-order valence-corrected chi connectivity index (χ0v) is 10.9. The first-order valence-electron chi connectivity index (χ1n) is 6.58. The molecule has 106 valence electrons. The Hall–Kier alpha value is -1.20. The van der Waals surface area contributed by atoms with Crippen molar-refractivity contribution in [3.05, 3.63) is 29.8 Å². The summed E-state index contributed by atoms with van der Waals surface area (Å²) in [7, 11) is 0. The van der Waals surface area contributed by atoms with Crippen molar-refractivity contribution in [2.24, 2.45) is 0 Å². The summed E-state index contributed by atoms with van der Waals surface area (Å²) in [5.74, 6) is 0.235. The molecule has 1 aliphatic heterocycles. The van der Waals surface area contributed by atoms with E-state index in [4.69, 9.17) is 4.74 Å². The van der Waals surface area contributed by atoms with Gasteiger partial charge in [0.1, 0.15) is 5.75 Å². The van der Waals surface area contributed by atoms with E-state index in [1.165, 1.54) is 0 Å². The van der Waals surface area contributed by atoms with E-state index in [0.717, 1.165) is 51.3 Å². The van der Waals surface area contributed by atoms with Crippen LogP contribution in [0.2, 0.25) is 0 Å². The van der Waals surface area contributed by atoms with Crippen LogP contribution in [0.25, 0.3) is 0 Å². The van der Waals surface area contributed by atoms with Crippen LogP contribution < -0.4 is 4.74 Å². The van der Waals surface area contributed by atoms with Gasteiger partial charge in [-0.05, 0) is 37.1 Å². The zero-order chi connectivity index (χ0) is 13.5. The molecule has 0 spiro atoms. The molecule has 0 saturated carbocycles. The van der Waals surface area contributed by atoms with Gasteiger partial charge in [-0.25, -0.2) is 0 Å². The highest BCUT2D eigenvalue weighted by Gasteiger charge is 2.09. The molecule has 0 bridgehead atoms. The van der Waals surface area contributed by atoms with Gasteiger partial charge < -0.3 is 9.47 Å². The van der Waals surface area contributed by atoms with Crippen LogP contribution in [0.4, 0.5) is 8.78 Å². The van der Waals surface area contributed by atoms with E-state index in [2.05, 4.69) is 9.64 Å². The second kappa shape index (κ2) is 7.40. The van der Waals surface area contributed by atoms with E-state index in [0.29, 0.717) is 0 Å². The molecule has 0 unspecified atom stereocenters.